The number of methoxy groups -OCH3 is 1. The summed E-state index contributed by atoms with van der Waals surface area (Å²) in [6.45, 7) is 6.69. The second-order valence-electron chi connectivity index (χ2n) is 5.52. The maximum Gasteiger partial charge on any atom is 0.434 e. The first-order chi connectivity index (χ1) is 9.06. The molecule has 0 aliphatic rings. The van der Waals surface area contributed by atoms with E-state index >= 15 is 0 Å². The summed E-state index contributed by atoms with van der Waals surface area (Å²) in [6, 6.07) is 0.883. The molecule has 0 amide bonds. The molecule has 116 valence electrons. The van der Waals surface area contributed by atoms with Gasteiger partial charge in [-0.25, -0.2) is 4.68 Å². The normalized spacial score (nSPS) is 12.8. The van der Waals surface area contributed by atoms with Crippen molar-refractivity contribution in [2.45, 2.75) is 38.6 Å². The number of hydrogen-bond acceptors (Lipinski definition) is 3. The Labute approximate surface area is 125 Å². The fraction of sp³-hybridized carbons (Fsp3) is 0.727. The summed E-state index contributed by atoms with van der Waals surface area (Å²) in [5.74, 6) is -0.105. The Morgan fingerprint density at radius 1 is 1.30 bits per heavy atom. The zero-order valence-corrected chi connectivity index (χ0v) is 14.4. The first kappa shape index (κ1) is 17.5. The third-order valence-electron chi connectivity index (χ3n) is 2.54. The highest BCUT2D eigenvalue weighted by Gasteiger charge is 2.40. The number of hydrogen-bond donors (Lipinski definition) is 0. The Bertz CT molecular complexity index is 458. The van der Waals surface area contributed by atoms with Gasteiger partial charge in [0.05, 0.1) is 7.11 Å². The van der Waals surface area contributed by atoms with Gasteiger partial charge in [-0.05, 0) is 22.0 Å². The van der Waals surface area contributed by atoms with E-state index in [1.165, 1.54) is 7.11 Å². The molecule has 0 aliphatic carbocycles. The van der Waals surface area contributed by atoms with E-state index in [1.807, 2.05) is 0 Å². The Kier molecular flexibility index (Phi) is 5.67. The quantitative estimate of drug-likeness (QED) is 0.557. The largest absolute Gasteiger partial charge is 0.479 e. The lowest BCUT2D eigenvalue weighted by Gasteiger charge is -2.16. The highest BCUT2D eigenvalue weighted by Crippen LogP contribution is 2.39. The van der Waals surface area contributed by atoms with Gasteiger partial charge >= 0.3 is 6.18 Å². The highest BCUT2D eigenvalue weighted by molar-refractivity contribution is 9.10. The maximum absolute atomic E-state index is 13.0. The standard InChI is InChI=1S/C11H18BrF3N2O2Si/c1-18-10-8(12)9(11(13,14)15)17(16-10)7-19-5-6-20(2,3)4/h5-7H2,1-4H3. The molecule has 0 bridgehead atoms. The monoisotopic (exact) mass is 374 g/mol. The van der Waals surface area contributed by atoms with E-state index in [-0.39, 0.29) is 17.1 Å². The number of alkyl halides is 3. The lowest BCUT2D eigenvalue weighted by molar-refractivity contribution is -0.147. The SMILES string of the molecule is COc1nn(COCC[Si](C)(C)C)c(C(F)(F)F)c1Br. The van der Waals surface area contributed by atoms with E-state index in [1.54, 1.807) is 0 Å². The first-order valence-electron chi connectivity index (χ1n) is 6.01. The summed E-state index contributed by atoms with van der Waals surface area (Å²) in [4.78, 5) is 0. The van der Waals surface area contributed by atoms with Crippen LogP contribution in [0.4, 0.5) is 13.2 Å². The van der Waals surface area contributed by atoms with E-state index in [0.29, 0.717) is 6.61 Å². The van der Waals surface area contributed by atoms with E-state index in [4.69, 9.17) is 9.47 Å². The van der Waals surface area contributed by atoms with Crippen LogP contribution in [0, 0.1) is 0 Å². The van der Waals surface area contributed by atoms with Crippen LogP contribution in [0.5, 0.6) is 5.88 Å². The molecule has 0 atom stereocenters. The van der Waals surface area contributed by atoms with Crippen molar-refractivity contribution in [3.8, 4) is 5.88 Å². The molecule has 0 N–H and O–H groups in total. The average molecular weight is 375 g/mol. The van der Waals surface area contributed by atoms with Crippen LogP contribution in [0.3, 0.4) is 0 Å². The van der Waals surface area contributed by atoms with Gasteiger partial charge in [-0.1, -0.05) is 19.6 Å². The minimum absolute atomic E-state index is 0.105. The number of halogens is 4. The van der Waals surface area contributed by atoms with Crippen molar-refractivity contribution in [1.29, 1.82) is 0 Å². The number of nitrogens with zero attached hydrogens (tertiary/aromatic N) is 2. The molecule has 0 fully saturated rings. The fourth-order valence-electron chi connectivity index (χ4n) is 1.44. The number of rotatable bonds is 6. The first-order valence-corrected chi connectivity index (χ1v) is 10.5. The lowest BCUT2D eigenvalue weighted by Crippen LogP contribution is -2.23. The summed E-state index contributed by atoms with van der Waals surface area (Å²) >= 11 is 2.86. The van der Waals surface area contributed by atoms with Gasteiger partial charge in [0.15, 0.2) is 5.69 Å². The summed E-state index contributed by atoms with van der Waals surface area (Å²) < 4.78 is 49.5. The van der Waals surface area contributed by atoms with Crippen LogP contribution in [-0.4, -0.2) is 31.6 Å². The van der Waals surface area contributed by atoms with Crippen LogP contribution in [0.15, 0.2) is 4.47 Å². The Morgan fingerprint density at radius 2 is 1.90 bits per heavy atom. The molecule has 0 aliphatic heterocycles. The maximum atomic E-state index is 13.0. The van der Waals surface area contributed by atoms with Gasteiger partial charge in [-0.3, -0.25) is 0 Å². The molecule has 0 aromatic carbocycles. The number of ether oxygens (including phenoxy) is 2. The fourth-order valence-corrected chi connectivity index (χ4v) is 2.87. The van der Waals surface area contributed by atoms with Crippen molar-refractivity contribution in [2.75, 3.05) is 13.7 Å². The zero-order chi connectivity index (χ0) is 15.6. The van der Waals surface area contributed by atoms with Gasteiger partial charge in [0, 0.05) is 14.7 Å². The highest BCUT2D eigenvalue weighted by atomic mass is 79.9. The van der Waals surface area contributed by atoms with Crippen LogP contribution >= 0.6 is 15.9 Å². The predicted octanol–water partition coefficient (Wildman–Crippen LogP) is 3.99. The van der Waals surface area contributed by atoms with Crippen LogP contribution in [-0.2, 0) is 17.6 Å². The minimum atomic E-state index is -4.52. The molecule has 1 rings (SSSR count). The van der Waals surface area contributed by atoms with Crippen molar-refractivity contribution in [1.82, 2.24) is 9.78 Å². The second kappa shape index (κ2) is 6.48. The second-order valence-corrected chi connectivity index (χ2v) is 11.9. The van der Waals surface area contributed by atoms with Crippen molar-refractivity contribution in [2.24, 2.45) is 0 Å². The Balaban J connectivity index is 2.79. The molecule has 9 heteroatoms. The zero-order valence-electron chi connectivity index (χ0n) is 11.8. The molecule has 1 aromatic rings. The molecule has 0 spiro atoms. The Hall–Kier alpha value is -0.543. The van der Waals surface area contributed by atoms with Gasteiger partial charge < -0.3 is 9.47 Å². The molecule has 4 nitrogen and oxygen atoms in total. The number of aromatic nitrogens is 2. The molecule has 0 unspecified atom stereocenters. The van der Waals surface area contributed by atoms with Gasteiger partial charge in [-0.15, -0.1) is 5.10 Å². The van der Waals surface area contributed by atoms with Crippen molar-refractivity contribution < 1.29 is 22.6 Å². The van der Waals surface area contributed by atoms with Crippen LogP contribution in [0.1, 0.15) is 5.69 Å². The van der Waals surface area contributed by atoms with Gasteiger partial charge in [-0.2, -0.15) is 13.2 Å². The van der Waals surface area contributed by atoms with E-state index < -0.39 is 19.9 Å². The molecular weight excluding hydrogens is 357 g/mol. The lowest BCUT2D eigenvalue weighted by atomic mass is 10.4. The molecule has 0 saturated heterocycles. The van der Waals surface area contributed by atoms with Crippen LogP contribution < -0.4 is 4.74 Å². The summed E-state index contributed by atoms with van der Waals surface area (Å²) in [6.07, 6.45) is -4.52. The van der Waals surface area contributed by atoms with Crippen molar-refractivity contribution in [3.05, 3.63) is 10.2 Å². The van der Waals surface area contributed by atoms with E-state index in [9.17, 15) is 13.2 Å². The summed E-state index contributed by atoms with van der Waals surface area (Å²) in [5, 5.41) is 3.74. The smallest absolute Gasteiger partial charge is 0.434 e. The van der Waals surface area contributed by atoms with Gasteiger partial charge in [0.2, 0.25) is 5.88 Å². The van der Waals surface area contributed by atoms with Crippen LogP contribution in [0.25, 0.3) is 0 Å². The third-order valence-corrected chi connectivity index (χ3v) is 4.96. The summed E-state index contributed by atoms with van der Waals surface area (Å²) in [5.41, 5.74) is -0.901. The third kappa shape index (κ3) is 4.78. The molecule has 0 saturated carbocycles. The summed E-state index contributed by atoms with van der Waals surface area (Å²) in [7, 11) is -0.00155. The molecule has 0 radical (unpaired) electrons. The van der Waals surface area contributed by atoms with Gasteiger partial charge in [0.1, 0.15) is 11.2 Å². The molecule has 20 heavy (non-hydrogen) atoms. The average Bonchev–Trinajstić information content (AvgIpc) is 2.59. The predicted molar refractivity (Wildman–Crippen MR) is 75.6 cm³/mol. The Morgan fingerprint density at radius 3 is 2.35 bits per heavy atom. The minimum Gasteiger partial charge on any atom is -0.479 e. The van der Waals surface area contributed by atoms with E-state index in [0.717, 1.165) is 10.7 Å². The molecule has 1 aromatic heterocycles. The molecule has 1 heterocycles. The van der Waals surface area contributed by atoms with Crippen molar-refractivity contribution in [3.63, 3.8) is 0 Å². The van der Waals surface area contributed by atoms with E-state index in [2.05, 4.69) is 40.7 Å². The van der Waals surface area contributed by atoms with Crippen molar-refractivity contribution >= 4 is 24.0 Å². The van der Waals surface area contributed by atoms with Crippen LogP contribution in [0.2, 0.25) is 25.7 Å². The van der Waals surface area contributed by atoms with Gasteiger partial charge in [0.25, 0.3) is 0 Å². The topological polar surface area (TPSA) is 36.3 Å². The molecular formula is C11H18BrF3N2O2Si.